The maximum Gasteiger partial charge on any atom is 0.238 e. The van der Waals surface area contributed by atoms with Crippen LogP contribution in [0.2, 0.25) is 0 Å². The molecule has 138 valence electrons. The first kappa shape index (κ1) is 17.4. The minimum atomic E-state index is -0.0230. The Kier molecular flexibility index (Phi) is 5.21. The smallest absolute Gasteiger partial charge is 0.238 e. The molecule has 1 aromatic heterocycles. The van der Waals surface area contributed by atoms with Gasteiger partial charge >= 0.3 is 0 Å². The van der Waals surface area contributed by atoms with Gasteiger partial charge in [0.25, 0.3) is 0 Å². The number of ether oxygens (including phenoxy) is 1. The molecule has 0 radical (unpaired) electrons. The zero-order valence-electron chi connectivity index (χ0n) is 15.0. The van der Waals surface area contributed by atoms with Crippen molar-refractivity contribution in [1.29, 1.82) is 0 Å². The van der Waals surface area contributed by atoms with E-state index in [1.54, 1.807) is 6.26 Å². The van der Waals surface area contributed by atoms with Gasteiger partial charge in [-0.05, 0) is 61.4 Å². The standard InChI is InChI=1S/C22H22N2O3/c25-22(16-24(18-10-11-18)15-21-7-4-14-26-21)23-17-8-12-20(13-9-17)27-19-5-2-1-3-6-19/h1-9,12-14,18H,10-11,15-16H2,(H,23,25). The number of hydrogen-bond acceptors (Lipinski definition) is 4. The van der Waals surface area contributed by atoms with Crippen molar-refractivity contribution in [2.45, 2.75) is 25.4 Å². The quantitative estimate of drug-likeness (QED) is 0.632. The van der Waals surface area contributed by atoms with Crippen LogP contribution in [0.4, 0.5) is 5.69 Å². The van der Waals surface area contributed by atoms with Gasteiger partial charge in [0.15, 0.2) is 0 Å². The molecular formula is C22H22N2O3. The maximum absolute atomic E-state index is 12.4. The van der Waals surface area contributed by atoms with Gasteiger partial charge in [-0.1, -0.05) is 18.2 Å². The number of nitrogens with one attached hydrogen (secondary N) is 1. The number of anilines is 1. The SMILES string of the molecule is O=C(CN(Cc1ccco1)C1CC1)Nc1ccc(Oc2ccccc2)cc1. The summed E-state index contributed by atoms with van der Waals surface area (Å²) in [6.45, 7) is 1.02. The van der Waals surface area contributed by atoms with Crippen LogP contribution in [-0.2, 0) is 11.3 Å². The first-order chi connectivity index (χ1) is 13.3. The van der Waals surface area contributed by atoms with E-state index in [1.807, 2.05) is 66.7 Å². The van der Waals surface area contributed by atoms with Crippen LogP contribution in [0.5, 0.6) is 11.5 Å². The van der Waals surface area contributed by atoms with Gasteiger partial charge in [-0.3, -0.25) is 9.69 Å². The van der Waals surface area contributed by atoms with Gasteiger partial charge in [0.2, 0.25) is 5.91 Å². The average Bonchev–Trinajstić information content (AvgIpc) is 3.41. The van der Waals surface area contributed by atoms with E-state index >= 15 is 0 Å². The van der Waals surface area contributed by atoms with Gasteiger partial charge in [-0.15, -0.1) is 0 Å². The van der Waals surface area contributed by atoms with Gasteiger partial charge in [0.05, 0.1) is 19.4 Å². The molecule has 0 spiro atoms. The summed E-state index contributed by atoms with van der Waals surface area (Å²) < 4.78 is 11.2. The second-order valence-corrected chi connectivity index (χ2v) is 6.70. The molecule has 1 heterocycles. The minimum absolute atomic E-state index is 0.0230. The molecule has 5 nitrogen and oxygen atoms in total. The molecule has 0 bridgehead atoms. The first-order valence-corrected chi connectivity index (χ1v) is 9.15. The Bertz CT molecular complexity index is 856. The normalized spacial score (nSPS) is 13.5. The Morgan fingerprint density at radius 3 is 2.41 bits per heavy atom. The van der Waals surface area contributed by atoms with Gasteiger partial charge < -0.3 is 14.5 Å². The van der Waals surface area contributed by atoms with Crippen molar-refractivity contribution in [2.75, 3.05) is 11.9 Å². The molecule has 1 aliphatic carbocycles. The number of furan rings is 1. The summed E-state index contributed by atoms with van der Waals surface area (Å²) in [4.78, 5) is 14.6. The second-order valence-electron chi connectivity index (χ2n) is 6.70. The molecule has 4 rings (SSSR count). The highest BCUT2D eigenvalue weighted by atomic mass is 16.5. The summed E-state index contributed by atoms with van der Waals surface area (Å²) in [5.74, 6) is 2.38. The zero-order chi connectivity index (χ0) is 18.5. The van der Waals surface area contributed by atoms with E-state index in [0.29, 0.717) is 19.1 Å². The van der Waals surface area contributed by atoms with E-state index in [9.17, 15) is 4.79 Å². The lowest BCUT2D eigenvalue weighted by molar-refractivity contribution is -0.117. The fourth-order valence-electron chi connectivity index (χ4n) is 2.97. The van der Waals surface area contributed by atoms with Crippen LogP contribution in [0.15, 0.2) is 77.4 Å². The van der Waals surface area contributed by atoms with Crippen molar-refractivity contribution in [3.8, 4) is 11.5 Å². The Morgan fingerprint density at radius 2 is 1.74 bits per heavy atom. The van der Waals surface area contributed by atoms with E-state index in [1.165, 1.54) is 0 Å². The number of para-hydroxylation sites is 1. The minimum Gasteiger partial charge on any atom is -0.468 e. The molecule has 27 heavy (non-hydrogen) atoms. The summed E-state index contributed by atoms with van der Waals surface area (Å²) in [5.41, 5.74) is 0.758. The van der Waals surface area contributed by atoms with E-state index in [2.05, 4.69) is 10.2 Å². The summed E-state index contributed by atoms with van der Waals surface area (Å²) in [5, 5.41) is 2.96. The molecular weight excluding hydrogens is 340 g/mol. The van der Waals surface area contributed by atoms with Crippen LogP contribution in [-0.4, -0.2) is 23.4 Å². The third-order valence-electron chi connectivity index (χ3n) is 4.47. The van der Waals surface area contributed by atoms with Crippen molar-refractivity contribution in [3.05, 3.63) is 78.8 Å². The Balaban J connectivity index is 1.32. The van der Waals surface area contributed by atoms with Crippen molar-refractivity contribution in [2.24, 2.45) is 0 Å². The van der Waals surface area contributed by atoms with Gasteiger partial charge in [-0.25, -0.2) is 0 Å². The lowest BCUT2D eigenvalue weighted by atomic mass is 10.3. The highest BCUT2D eigenvalue weighted by Gasteiger charge is 2.30. The molecule has 1 aliphatic rings. The first-order valence-electron chi connectivity index (χ1n) is 9.15. The lowest BCUT2D eigenvalue weighted by Crippen LogP contribution is -2.34. The Morgan fingerprint density at radius 1 is 1.00 bits per heavy atom. The number of rotatable bonds is 8. The molecule has 1 saturated carbocycles. The van der Waals surface area contributed by atoms with Crippen molar-refractivity contribution >= 4 is 11.6 Å². The Labute approximate surface area is 158 Å². The van der Waals surface area contributed by atoms with Crippen LogP contribution < -0.4 is 10.1 Å². The van der Waals surface area contributed by atoms with Crippen LogP contribution in [0.1, 0.15) is 18.6 Å². The predicted molar refractivity (Wildman–Crippen MR) is 104 cm³/mol. The second kappa shape index (κ2) is 8.10. The number of carbonyl (C=O) groups is 1. The van der Waals surface area contributed by atoms with Crippen LogP contribution in [0.25, 0.3) is 0 Å². The van der Waals surface area contributed by atoms with Crippen LogP contribution in [0, 0.1) is 0 Å². The molecule has 1 amide bonds. The lowest BCUT2D eigenvalue weighted by Gasteiger charge is -2.20. The van der Waals surface area contributed by atoms with E-state index in [4.69, 9.17) is 9.15 Å². The number of benzene rings is 2. The molecule has 0 aliphatic heterocycles. The number of carbonyl (C=O) groups excluding carboxylic acids is 1. The van der Waals surface area contributed by atoms with Crippen LogP contribution >= 0.6 is 0 Å². The molecule has 0 unspecified atom stereocenters. The molecule has 0 saturated heterocycles. The van der Waals surface area contributed by atoms with E-state index < -0.39 is 0 Å². The third-order valence-corrected chi connectivity index (χ3v) is 4.47. The van der Waals surface area contributed by atoms with E-state index in [-0.39, 0.29) is 5.91 Å². The molecule has 1 N–H and O–H groups in total. The van der Waals surface area contributed by atoms with E-state index in [0.717, 1.165) is 35.8 Å². The van der Waals surface area contributed by atoms with Crippen molar-refractivity contribution < 1.29 is 13.9 Å². The fraction of sp³-hybridized carbons (Fsp3) is 0.227. The van der Waals surface area contributed by atoms with Crippen LogP contribution in [0.3, 0.4) is 0 Å². The number of nitrogens with zero attached hydrogens (tertiary/aromatic N) is 1. The molecule has 3 aromatic rings. The average molecular weight is 362 g/mol. The fourth-order valence-corrected chi connectivity index (χ4v) is 2.97. The summed E-state index contributed by atoms with van der Waals surface area (Å²) in [6.07, 6.45) is 3.94. The highest BCUT2D eigenvalue weighted by Crippen LogP contribution is 2.28. The molecule has 1 fully saturated rings. The van der Waals surface area contributed by atoms with Crippen molar-refractivity contribution in [1.82, 2.24) is 4.90 Å². The number of hydrogen-bond donors (Lipinski definition) is 1. The summed E-state index contributed by atoms with van der Waals surface area (Å²) in [6, 6.07) is 21.3. The molecule has 2 aromatic carbocycles. The highest BCUT2D eigenvalue weighted by molar-refractivity contribution is 5.92. The summed E-state index contributed by atoms with van der Waals surface area (Å²) in [7, 11) is 0. The Hall–Kier alpha value is -3.05. The summed E-state index contributed by atoms with van der Waals surface area (Å²) >= 11 is 0. The molecule has 5 heteroatoms. The largest absolute Gasteiger partial charge is 0.468 e. The topological polar surface area (TPSA) is 54.7 Å². The predicted octanol–water partition coefficient (Wildman–Crippen LogP) is 4.68. The van der Waals surface area contributed by atoms with Gasteiger partial charge in [-0.2, -0.15) is 0 Å². The maximum atomic E-state index is 12.4. The van der Waals surface area contributed by atoms with Crippen molar-refractivity contribution in [3.63, 3.8) is 0 Å². The van der Waals surface area contributed by atoms with Gasteiger partial charge in [0.1, 0.15) is 17.3 Å². The third kappa shape index (κ3) is 4.99. The van der Waals surface area contributed by atoms with Gasteiger partial charge in [0, 0.05) is 11.7 Å². The zero-order valence-corrected chi connectivity index (χ0v) is 15.0. The number of amides is 1. The molecule has 0 atom stereocenters. The monoisotopic (exact) mass is 362 g/mol.